The molecule has 0 atom stereocenters. The van der Waals surface area contributed by atoms with Gasteiger partial charge in [-0.2, -0.15) is 5.26 Å². The summed E-state index contributed by atoms with van der Waals surface area (Å²) in [5.74, 6) is -0.832. The molecule has 27 heavy (non-hydrogen) atoms. The second-order valence-electron chi connectivity index (χ2n) is 7.49. The van der Waals surface area contributed by atoms with E-state index in [1.807, 2.05) is 30.3 Å². The average molecular weight is 381 g/mol. The minimum atomic E-state index is -0.734. The van der Waals surface area contributed by atoms with Gasteiger partial charge in [0.05, 0.1) is 5.41 Å². The first-order valence-corrected chi connectivity index (χ1v) is 9.81. The molecule has 3 aliphatic rings. The third kappa shape index (κ3) is 2.90. The fourth-order valence-electron chi connectivity index (χ4n) is 4.32. The largest absolute Gasteiger partial charge is 0.481 e. The number of carbonyl (C=O) groups is 2. The van der Waals surface area contributed by atoms with Crippen molar-refractivity contribution < 1.29 is 14.7 Å². The van der Waals surface area contributed by atoms with Crippen LogP contribution in [0.2, 0.25) is 0 Å². The first kappa shape index (κ1) is 17.7. The Morgan fingerprint density at radius 3 is 2.22 bits per heavy atom. The number of anilines is 1. The van der Waals surface area contributed by atoms with Gasteiger partial charge in [0, 0.05) is 11.0 Å². The number of hydrogen-bond acceptors (Lipinski definition) is 5. The van der Waals surface area contributed by atoms with E-state index in [4.69, 9.17) is 0 Å². The molecule has 7 heteroatoms. The summed E-state index contributed by atoms with van der Waals surface area (Å²) in [4.78, 5) is 29.5. The molecule has 2 bridgehead atoms. The highest BCUT2D eigenvalue weighted by Crippen LogP contribution is 2.57. The zero-order chi connectivity index (χ0) is 19.1. The van der Waals surface area contributed by atoms with Crippen LogP contribution >= 0.6 is 11.3 Å². The van der Waals surface area contributed by atoms with Gasteiger partial charge in [-0.15, -0.1) is 0 Å². The van der Waals surface area contributed by atoms with Crippen molar-refractivity contribution in [2.24, 2.45) is 10.8 Å². The quantitative estimate of drug-likeness (QED) is 0.832. The lowest BCUT2D eigenvalue weighted by molar-refractivity contribution is -0.162. The van der Waals surface area contributed by atoms with E-state index in [2.05, 4.69) is 16.4 Å². The zero-order valence-electron chi connectivity index (χ0n) is 14.7. The lowest BCUT2D eigenvalue weighted by Crippen LogP contribution is -2.50. The van der Waals surface area contributed by atoms with Crippen molar-refractivity contribution in [1.29, 1.82) is 5.26 Å². The number of fused-ring (bicyclic) bond motifs is 3. The van der Waals surface area contributed by atoms with Gasteiger partial charge in [-0.3, -0.25) is 9.59 Å². The molecule has 1 heterocycles. The molecule has 1 aromatic carbocycles. The summed E-state index contributed by atoms with van der Waals surface area (Å²) in [5.41, 5.74) is 0.263. The second-order valence-corrected chi connectivity index (χ2v) is 8.49. The zero-order valence-corrected chi connectivity index (χ0v) is 15.5. The molecule has 0 radical (unpaired) electrons. The van der Waals surface area contributed by atoms with Crippen LogP contribution in [0.5, 0.6) is 0 Å². The molecule has 5 rings (SSSR count). The predicted molar refractivity (Wildman–Crippen MR) is 101 cm³/mol. The fraction of sp³-hybridized carbons (Fsp3) is 0.400. The number of nitriles is 1. The summed E-state index contributed by atoms with van der Waals surface area (Å²) in [7, 11) is 0. The smallest absolute Gasteiger partial charge is 0.309 e. The number of aromatic nitrogens is 1. The second kappa shape index (κ2) is 6.46. The van der Waals surface area contributed by atoms with E-state index in [-0.39, 0.29) is 5.91 Å². The molecule has 1 amide bonds. The Kier molecular flexibility index (Phi) is 4.23. The maximum atomic E-state index is 13.0. The molecule has 1 aromatic heterocycles. The minimum absolute atomic E-state index is 0.0981. The van der Waals surface area contributed by atoms with Crippen LogP contribution in [0.25, 0.3) is 11.3 Å². The highest BCUT2D eigenvalue weighted by Gasteiger charge is 2.55. The number of thiazole rings is 1. The first-order valence-electron chi connectivity index (χ1n) is 8.99. The summed E-state index contributed by atoms with van der Waals surface area (Å²) in [6.07, 6.45) is 3.42. The molecular formula is C20H19N3O3S. The standard InChI is InChI=1S/C20H19N3O3S/c21-12-14-15(13-4-2-1-3-5-13)22-18(27-14)23-16(24)19-6-9-20(10-7-19,11-8-19)17(25)26/h1-5H,6-11H2,(H,25,26)(H,22,23,24). The van der Waals surface area contributed by atoms with Crippen LogP contribution in [0.4, 0.5) is 5.13 Å². The van der Waals surface area contributed by atoms with Crippen molar-refractivity contribution in [2.45, 2.75) is 38.5 Å². The number of nitrogens with one attached hydrogen (secondary N) is 1. The van der Waals surface area contributed by atoms with E-state index >= 15 is 0 Å². The van der Waals surface area contributed by atoms with Crippen molar-refractivity contribution in [2.75, 3.05) is 5.32 Å². The van der Waals surface area contributed by atoms with Gasteiger partial charge in [-0.05, 0) is 38.5 Å². The monoisotopic (exact) mass is 381 g/mol. The predicted octanol–water partition coefficient (Wildman–Crippen LogP) is 4.05. The van der Waals surface area contributed by atoms with E-state index < -0.39 is 16.8 Å². The molecule has 0 aliphatic heterocycles. The number of rotatable bonds is 4. The van der Waals surface area contributed by atoms with Crippen LogP contribution in [0.1, 0.15) is 43.4 Å². The van der Waals surface area contributed by atoms with Gasteiger partial charge in [0.25, 0.3) is 0 Å². The van der Waals surface area contributed by atoms with Gasteiger partial charge in [0.1, 0.15) is 16.6 Å². The van der Waals surface area contributed by atoms with Gasteiger partial charge >= 0.3 is 5.97 Å². The Morgan fingerprint density at radius 1 is 1.07 bits per heavy atom. The third-order valence-electron chi connectivity index (χ3n) is 6.18. The molecule has 0 unspecified atom stereocenters. The van der Waals surface area contributed by atoms with Gasteiger partial charge in [-0.25, -0.2) is 4.98 Å². The Hall–Kier alpha value is -2.72. The molecule has 138 valence electrons. The summed E-state index contributed by atoms with van der Waals surface area (Å²) >= 11 is 1.17. The first-order chi connectivity index (χ1) is 13.0. The molecule has 2 N–H and O–H groups in total. The Bertz CT molecular complexity index is 921. The highest BCUT2D eigenvalue weighted by molar-refractivity contribution is 7.16. The number of carbonyl (C=O) groups excluding carboxylic acids is 1. The highest BCUT2D eigenvalue weighted by atomic mass is 32.1. The third-order valence-corrected chi connectivity index (χ3v) is 7.05. The summed E-state index contributed by atoms with van der Waals surface area (Å²) in [6, 6.07) is 11.6. The van der Waals surface area contributed by atoms with Crippen LogP contribution in [-0.2, 0) is 9.59 Å². The number of hydrogen-bond donors (Lipinski definition) is 2. The lowest BCUT2D eigenvalue weighted by atomic mass is 9.53. The Labute approximate surface area is 160 Å². The van der Waals surface area contributed by atoms with Gasteiger partial charge in [0.2, 0.25) is 5.91 Å². The Morgan fingerprint density at radius 2 is 1.67 bits per heavy atom. The molecule has 0 spiro atoms. The number of carboxylic acids is 1. The molecule has 3 fully saturated rings. The van der Waals surface area contributed by atoms with Crippen molar-refractivity contribution in [1.82, 2.24) is 4.98 Å². The normalized spacial score (nSPS) is 26.3. The topological polar surface area (TPSA) is 103 Å². The van der Waals surface area contributed by atoms with Crippen LogP contribution in [0.15, 0.2) is 30.3 Å². The fourth-order valence-corrected chi connectivity index (χ4v) is 5.10. The summed E-state index contributed by atoms with van der Waals surface area (Å²) in [5, 5.41) is 22.2. The van der Waals surface area contributed by atoms with Gasteiger partial charge < -0.3 is 10.4 Å². The van der Waals surface area contributed by atoms with Crippen molar-refractivity contribution in [3.63, 3.8) is 0 Å². The van der Waals surface area contributed by atoms with E-state index in [0.717, 1.165) is 5.56 Å². The molecular weight excluding hydrogens is 362 g/mol. The van der Waals surface area contributed by atoms with Crippen LogP contribution in [-0.4, -0.2) is 22.0 Å². The Balaban J connectivity index is 1.54. The molecule has 3 aliphatic carbocycles. The van der Waals surface area contributed by atoms with Crippen molar-refractivity contribution in [3.8, 4) is 17.3 Å². The molecule has 0 saturated heterocycles. The average Bonchev–Trinajstić information content (AvgIpc) is 3.13. The number of carboxylic acid groups (broad SMARTS) is 1. The molecule has 6 nitrogen and oxygen atoms in total. The summed E-state index contributed by atoms with van der Waals surface area (Å²) in [6.45, 7) is 0. The van der Waals surface area contributed by atoms with Crippen molar-refractivity contribution in [3.05, 3.63) is 35.2 Å². The number of nitrogens with zero attached hydrogens (tertiary/aromatic N) is 2. The lowest BCUT2D eigenvalue weighted by Gasteiger charge is -2.50. The molecule has 2 aromatic rings. The maximum absolute atomic E-state index is 13.0. The maximum Gasteiger partial charge on any atom is 0.309 e. The van der Waals surface area contributed by atoms with Crippen LogP contribution in [0, 0.1) is 22.2 Å². The number of aliphatic carboxylic acids is 1. The van der Waals surface area contributed by atoms with E-state index in [0.29, 0.717) is 54.2 Å². The van der Waals surface area contributed by atoms with Gasteiger partial charge in [-0.1, -0.05) is 41.7 Å². The van der Waals surface area contributed by atoms with E-state index in [9.17, 15) is 20.0 Å². The summed E-state index contributed by atoms with van der Waals surface area (Å²) < 4.78 is 0. The molecule has 3 saturated carbocycles. The minimum Gasteiger partial charge on any atom is -0.481 e. The van der Waals surface area contributed by atoms with E-state index in [1.54, 1.807) is 0 Å². The van der Waals surface area contributed by atoms with E-state index in [1.165, 1.54) is 11.3 Å². The van der Waals surface area contributed by atoms with Crippen molar-refractivity contribution >= 4 is 28.3 Å². The number of amides is 1. The van der Waals surface area contributed by atoms with Crippen LogP contribution < -0.4 is 5.32 Å². The SMILES string of the molecule is N#Cc1sc(NC(=O)C23CCC(C(=O)O)(CC2)CC3)nc1-c1ccccc1. The number of benzene rings is 1. The van der Waals surface area contributed by atoms with Gasteiger partial charge in [0.15, 0.2) is 5.13 Å². The van der Waals surface area contributed by atoms with Crippen LogP contribution in [0.3, 0.4) is 0 Å².